The Morgan fingerprint density at radius 1 is 1.03 bits per heavy atom. The number of urea groups is 1. The molecule has 2 N–H and O–H groups in total. The summed E-state index contributed by atoms with van der Waals surface area (Å²) in [6.07, 6.45) is 1.72. The maximum absolute atomic E-state index is 13.0. The van der Waals surface area contributed by atoms with E-state index in [0.29, 0.717) is 24.7 Å². The van der Waals surface area contributed by atoms with Gasteiger partial charge in [0.1, 0.15) is 18.1 Å². The standard InChI is InChI=1S/C26H41N5O3/c1-9-11-16-30(24(33)27-19-12-14-20(15-13-19)34-10-2)18-23(32)28-22-17-21(25(3,4)5)29-31(22)26(6,7)8/h12-15,17H,9-11,16,18H2,1-8H3,(H,27,33)(H,28,32). The number of aromatic nitrogens is 2. The first-order valence-corrected chi connectivity index (χ1v) is 12.0. The van der Waals surface area contributed by atoms with Gasteiger partial charge in [0.05, 0.1) is 17.8 Å². The SMILES string of the molecule is CCCCN(CC(=O)Nc1cc(C(C)(C)C)nn1C(C)(C)C)C(=O)Nc1ccc(OCC)cc1. The maximum Gasteiger partial charge on any atom is 0.322 e. The van der Waals surface area contributed by atoms with E-state index in [1.807, 2.05) is 50.6 Å². The molecular weight excluding hydrogens is 430 g/mol. The Morgan fingerprint density at radius 3 is 2.21 bits per heavy atom. The van der Waals surface area contributed by atoms with Crippen molar-refractivity contribution >= 4 is 23.4 Å². The first-order chi connectivity index (χ1) is 15.8. The highest BCUT2D eigenvalue weighted by Crippen LogP contribution is 2.28. The summed E-state index contributed by atoms with van der Waals surface area (Å²) in [5.74, 6) is 1.11. The Hall–Kier alpha value is -3.03. The molecule has 0 saturated carbocycles. The molecule has 0 atom stereocenters. The first kappa shape index (κ1) is 27.2. The fourth-order valence-corrected chi connectivity index (χ4v) is 3.31. The first-order valence-electron chi connectivity index (χ1n) is 12.0. The van der Waals surface area contributed by atoms with Crippen molar-refractivity contribution in [3.63, 3.8) is 0 Å². The Labute approximate surface area is 204 Å². The van der Waals surface area contributed by atoms with Crippen LogP contribution in [0.1, 0.15) is 73.9 Å². The molecule has 0 aliphatic heterocycles. The van der Waals surface area contributed by atoms with E-state index in [1.54, 1.807) is 12.1 Å². The van der Waals surface area contributed by atoms with Crippen LogP contribution in [0.15, 0.2) is 30.3 Å². The van der Waals surface area contributed by atoms with Gasteiger partial charge in [-0.25, -0.2) is 9.48 Å². The third kappa shape index (κ3) is 7.78. The summed E-state index contributed by atoms with van der Waals surface area (Å²) < 4.78 is 7.28. The van der Waals surface area contributed by atoms with Gasteiger partial charge in [-0.2, -0.15) is 5.10 Å². The molecule has 0 aliphatic rings. The Bertz CT molecular complexity index is 952. The van der Waals surface area contributed by atoms with Crippen LogP contribution in [-0.2, 0) is 15.7 Å². The minimum Gasteiger partial charge on any atom is -0.494 e. The number of amides is 3. The molecule has 0 fully saturated rings. The third-order valence-electron chi connectivity index (χ3n) is 5.20. The molecule has 0 aliphatic carbocycles. The summed E-state index contributed by atoms with van der Waals surface area (Å²) in [5, 5.41) is 10.6. The van der Waals surface area contributed by atoms with E-state index in [1.165, 1.54) is 4.90 Å². The molecule has 1 aromatic carbocycles. The lowest BCUT2D eigenvalue weighted by molar-refractivity contribution is -0.116. The van der Waals surface area contributed by atoms with Crippen LogP contribution in [0.3, 0.4) is 0 Å². The van der Waals surface area contributed by atoms with E-state index in [2.05, 4.69) is 38.3 Å². The fraction of sp³-hybridized carbons (Fsp3) is 0.577. The number of carbonyl (C=O) groups excluding carboxylic acids is 2. The second kappa shape index (κ2) is 11.4. The number of rotatable bonds is 9. The average Bonchev–Trinajstić information content (AvgIpc) is 3.17. The van der Waals surface area contributed by atoms with Gasteiger partial charge >= 0.3 is 6.03 Å². The van der Waals surface area contributed by atoms with Crippen molar-refractivity contribution in [3.8, 4) is 5.75 Å². The van der Waals surface area contributed by atoms with Gasteiger partial charge in [0.25, 0.3) is 0 Å². The van der Waals surface area contributed by atoms with E-state index < -0.39 is 0 Å². The number of anilines is 2. The quantitative estimate of drug-likeness (QED) is 0.498. The molecular formula is C26H41N5O3. The van der Waals surface area contributed by atoms with Gasteiger partial charge in [-0.3, -0.25) is 4.79 Å². The van der Waals surface area contributed by atoms with Gasteiger partial charge in [-0.1, -0.05) is 34.1 Å². The number of nitrogens with zero attached hydrogens (tertiary/aromatic N) is 3. The van der Waals surface area contributed by atoms with Crippen LogP contribution in [-0.4, -0.2) is 46.3 Å². The molecule has 188 valence electrons. The van der Waals surface area contributed by atoms with Crippen LogP contribution in [0.5, 0.6) is 5.75 Å². The Kier molecular flexibility index (Phi) is 9.13. The lowest BCUT2D eigenvalue weighted by Crippen LogP contribution is -2.41. The van der Waals surface area contributed by atoms with Crippen molar-refractivity contribution in [2.24, 2.45) is 0 Å². The lowest BCUT2D eigenvalue weighted by Gasteiger charge is -2.25. The highest BCUT2D eigenvalue weighted by Gasteiger charge is 2.26. The molecule has 1 aromatic heterocycles. The monoisotopic (exact) mass is 471 g/mol. The van der Waals surface area contributed by atoms with Crippen LogP contribution in [0.2, 0.25) is 0 Å². The van der Waals surface area contributed by atoms with Crippen molar-refractivity contribution in [1.82, 2.24) is 14.7 Å². The topological polar surface area (TPSA) is 88.5 Å². The zero-order chi connectivity index (χ0) is 25.5. The van der Waals surface area contributed by atoms with Gasteiger partial charge < -0.3 is 20.3 Å². The number of carbonyl (C=O) groups is 2. The summed E-state index contributed by atoms with van der Waals surface area (Å²) >= 11 is 0. The van der Waals surface area contributed by atoms with E-state index >= 15 is 0 Å². The van der Waals surface area contributed by atoms with Gasteiger partial charge in [0.15, 0.2) is 0 Å². The molecule has 0 radical (unpaired) electrons. The average molecular weight is 472 g/mol. The van der Waals surface area contributed by atoms with Gasteiger partial charge in [-0.15, -0.1) is 0 Å². The minimum atomic E-state index is -0.313. The predicted octanol–water partition coefficient (Wildman–Crippen LogP) is 5.61. The van der Waals surface area contributed by atoms with E-state index in [0.717, 1.165) is 24.3 Å². The van der Waals surface area contributed by atoms with Crippen LogP contribution in [0.25, 0.3) is 0 Å². The van der Waals surface area contributed by atoms with E-state index in [9.17, 15) is 9.59 Å². The summed E-state index contributed by atoms with van der Waals surface area (Å²) in [4.78, 5) is 27.5. The third-order valence-corrected chi connectivity index (χ3v) is 5.20. The Balaban J connectivity index is 2.14. The number of hydrogen-bond donors (Lipinski definition) is 2. The van der Waals surface area contributed by atoms with Crippen LogP contribution >= 0.6 is 0 Å². The normalized spacial score (nSPS) is 11.8. The van der Waals surface area contributed by atoms with Crippen molar-refractivity contribution in [2.45, 2.75) is 79.2 Å². The predicted molar refractivity (Wildman–Crippen MR) is 138 cm³/mol. The summed E-state index contributed by atoms with van der Waals surface area (Å²) in [5.41, 5.74) is 1.09. The number of unbranched alkanes of at least 4 members (excludes halogenated alkanes) is 1. The number of benzene rings is 1. The molecule has 0 spiro atoms. The molecule has 1 heterocycles. The molecule has 3 amide bonds. The second-order valence-corrected chi connectivity index (χ2v) is 10.5. The second-order valence-electron chi connectivity index (χ2n) is 10.5. The van der Waals surface area contributed by atoms with E-state index in [4.69, 9.17) is 9.84 Å². The zero-order valence-corrected chi connectivity index (χ0v) is 22.0. The van der Waals surface area contributed by atoms with Crippen molar-refractivity contribution in [3.05, 3.63) is 36.0 Å². The largest absolute Gasteiger partial charge is 0.494 e. The molecule has 8 heteroatoms. The molecule has 2 rings (SSSR count). The van der Waals surface area contributed by atoms with Crippen LogP contribution in [0.4, 0.5) is 16.3 Å². The van der Waals surface area contributed by atoms with Crippen molar-refractivity contribution in [1.29, 1.82) is 0 Å². The van der Waals surface area contributed by atoms with Gasteiger partial charge in [0.2, 0.25) is 5.91 Å². The number of ether oxygens (including phenoxy) is 1. The minimum absolute atomic E-state index is 0.0525. The van der Waals surface area contributed by atoms with Crippen LogP contribution < -0.4 is 15.4 Å². The Morgan fingerprint density at radius 2 is 1.68 bits per heavy atom. The van der Waals surface area contributed by atoms with Crippen molar-refractivity contribution < 1.29 is 14.3 Å². The summed E-state index contributed by atoms with van der Waals surface area (Å²) in [7, 11) is 0. The lowest BCUT2D eigenvalue weighted by atomic mass is 9.92. The zero-order valence-electron chi connectivity index (χ0n) is 22.0. The maximum atomic E-state index is 13.0. The highest BCUT2D eigenvalue weighted by atomic mass is 16.5. The number of nitrogens with one attached hydrogen (secondary N) is 2. The molecule has 0 unspecified atom stereocenters. The van der Waals surface area contributed by atoms with Crippen molar-refractivity contribution in [2.75, 3.05) is 30.3 Å². The molecule has 0 saturated heterocycles. The molecule has 0 bridgehead atoms. The van der Waals surface area contributed by atoms with Crippen LogP contribution in [0, 0.1) is 0 Å². The summed E-state index contributed by atoms with van der Waals surface area (Å²) in [6.45, 7) is 17.4. The fourth-order valence-electron chi connectivity index (χ4n) is 3.31. The summed E-state index contributed by atoms with van der Waals surface area (Å²) in [6, 6.07) is 8.80. The molecule has 34 heavy (non-hydrogen) atoms. The smallest absolute Gasteiger partial charge is 0.322 e. The molecule has 2 aromatic rings. The highest BCUT2D eigenvalue weighted by molar-refractivity contribution is 5.96. The molecule has 8 nitrogen and oxygen atoms in total. The van der Waals surface area contributed by atoms with E-state index in [-0.39, 0.29) is 29.4 Å². The van der Waals surface area contributed by atoms with Gasteiger partial charge in [0, 0.05) is 23.7 Å². The number of hydrogen-bond acceptors (Lipinski definition) is 4. The van der Waals surface area contributed by atoms with Gasteiger partial charge in [-0.05, 0) is 58.4 Å².